The van der Waals surface area contributed by atoms with Gasteiger partial charge in [-0.15, -0.1) is 0 Å². The first-order chi connectivity index (χ1) is 16.2. The number of benzene rings is 2. The van der Waals surface area contributed by atoms with Crippen LogP contribution >= 0.6 is 0 Å². The largest absolute Gasteiger partial charge is 0.361 e. The lowest BCUT2D eigenvalue weighted by atomic mass is 10.0. The third kappa shape index (κ3) is 4.60. The van der Waals surface area contributed by atoms with Crippen LogP contribution in [0.3, 0.4) is 0 Å². The molecule has 33 heavy (non-hydrogen) atoms. The molecule has 1 aliphatic carbocycles. The van der Waals surface area contributed by atoms with Gasteiger partial charge in [0.1, 0.15) is 0 Å². The maximum atomic E-state index is 11.3. The Morgan fingerprint density at radius 2 is 2.15 bits per heavy atom. The second-order valence-electron chi connectivity index (χ2n) is 8.46. The van der Waals surface area contributed by atoms with Crippen molar-refractivity contribution in [1.82, 2.24) is 25.3 Å². The Bertz CT molecular complexity index is 1280. The van der Waals surface area contributed by atoms with E-state index in [1.54, 1.807) is 17.9 Å². The van der Waals surface area contributed by atoms with Gasteiger partial charge in [0.05, 0.1) is 12.0 Å². The summed E-state index contributed by atoms with van der Waals surface area (Å²) in [6.07, 6.45) is 11.9. The van der Waals surface area contributed by atoms with Gasteiger partial charge in [0.25, 0.3) is 5.91 Å². The molecule has 0 radical (unpaired) electrons. The van der Waals surface area contributed by atoms with E-state index in [2.05, 4.69) is 62.4 Å². The SMILES string of the molecule is O=C(/C=C/c1ccc2c(c1)CCC2N(CCc1c[nH]c2ccccc12)Cc1c[nH]cn1)NO. The minimum atomic E-state index is -0.532. The van der Waals surface area contributed by atoms with E-state index in [1.807, 2.05) is 12.3 Å². The van der Waals surface area contributed by atoms with Crippen molar-refractivity contribution in [1.29, 1.82) is 0 Å². The lowest BCUT2D eigenvalue weighted by Gasteiger charge is -2.29. The summed E-state index contributed by atoms with van der Waals surface area (Å²) < 4.78 is 0. The normalized spacial score (nSPS) is 15.5. The lowest BCUT2D eigenvalue weighted by Crippen LogP contribution is -2.29. The molecular formula is C26H27N5O2. The third-order valence-electron chi connectivity index (χ3n) is 6.45. The number of rotatable bonds is 8. The maximum Gasteiger partial charge on any atom is 0.267 e. The van der Waals surface area contributed by atoms with Crippen LogP contribution in [0.25, 0.3) is 17.0 Å². The Morgan fingerprint density at radius 3 is 3.00 bits per heavy atom. The average molecular weight is 442 g/mol. The van der Waals surface area contributed by atoms with Gasteiger partial charge in [-0.25, -0.2) is 10.5 Å². The van der Waals surface area contributed by atoms with Crippen molar-refractivity contribution in [3.63, 3.8) is 0 Å². The summed E-state index contributed by atoms with van der Waals surface area (Å²) in [4.78, 5) is 24.8. The zero-order valence-corrected chi connectivity index (χ0v) is 18.3. The van der Waals surface area contributed by atoms with Crippen molar-refractivity contribution in [3.8, 4) is 0 Å². The van der Waals surface area contributed by atoms with E-state index in [1.165, 1.54) is 33.7 Å². The molecule has 168 valence electrons. The molecule has 7 nitrogen and oxygen atoms in total. The molecule has 4 aromatic rings. The highest BCUT2D eigenvalue weighted by atomic mass is 16.5. The molecule has 1 aliphatic rings. The standard InChI is InChI=1S/C26H27N5O2/c32-26(30-33)10-6-18-5-8-23-19(13-18)7-9-25(23)31(16-21-15-27-17-29-21)12-11-20-14-28-24-4-2-1-3-22(20)24/h1-6,8,10,13-15,17,25,28,33H,7,9,11-12,16H2,(H,27,29)(H,30,32)/b10-6+. The predicted molar refractivity (Wildman–Crippen MR) is 127 cm³/mol. The van der Waals surface area contributed by atoms with Crippen molar-refractivity contribution in [3.05, 3.63) is 95.2 Å². The Kier molecular flexibility index (Phi) is 6.06. The second-order valence-corrected chi connectivity index (χ2v) is 8.46. The lowest BCUT2D eigenvalue weighted by molar-refractivity contribution is -0.124. The van der Waals surface area contributed by atoms with Crippen LogP contribution in [-0.4, -0.2) is 37.5 Å². The number of carbonyl (C=O) groups excluding carboxylic acids is 1. The summed E-state index contributed by atoms with van der Waals surface area (Å²) >= 11 is 0. The second kappa shape index (κ2) is 9.44. The van der Waals surface area contributed by atoms with Crippen molar-refractivity contribution < 1.29 is 10.0 Å². The number of hydrogen-bond acceptors (Lipinski definition) is 4. The Morgan fingerprint density at radius 1 is 1.24 bits per heavy atom. The topological polar surface area (TPSA) is 97.0 Å². The van der Waals surface area contributed by atoms with Gasteiger partial charge < -0.3 is 9.97 Å². The highest BCUT2D eigenvalue weighted by Gasteiger charge is 2.28. The average Bonchev–Trinajstić information content (AvgIpc) is 3.60. The summed E-state index contributed by atoms with van der Waals surface area (Å²) in [5.41, 5.74) is 8.77. The smallest absolute Gasteiger partial charge is 0.267 e. The number of aryl methyl sites for hydroxylation is 1. The van der Waals surface area contributed by atoms with Gasteiger partial charge in [0, 0.05) is 48.5 Å². The molecule has 2 heterocycles. The number of hydrogen-bond donors (Lipinski definition) is 4. The number of amides is 1. The van der Waals surface area contributed by atoms with E-state index < -0.39 is 5.91 Å². The number of H-pyrrole nitrogens is 2. The van der Waals surface area contributed by atoms with Crippen molar-refractivity contribution in [2.75, 3.05) is 6.54 Å². The Labute approximate surface area is 192 Å². The van der Waals surface area contributed by atoms with Crippen LogP contribution in [0.5, 0.6) is 0 Å². The minimum absolute atomic E-state index is 0.320. The maximum absolute atomic E-state index is 11.3. The third-order valence-corrected chi connectivity index (χ3v) is 6.45. The highest BCUT2D eigenvalue weighted by molar-refractivity contribution is 5.90. The highest BCUT2D eigenvalue weighted by Crippen LogP contribution is 2.37. The van der Waals surface area contributed by atoms with E-state index in [-0.39, 0.29) is 0 Å². The number of fused-ring (bicyclic) bond motifs is 2. The van der Waals surface area contributed by atoms with Crippen LogP contribution in [0.1, 0.15) is 40.4 Å². The number of carbonyl (C=O) groups is 1. The zero-order chi connectivity index (χ0) is 22.6. The summed E-state index contributed by atoms with van der Waals surface area (Å²) in [5, 5.41) is 9.97. The summed E-state index contributed by atoms with van der Waals surface area (Å²) in [7, 11) is 0. The molecule has 1 amide bonds. The molecule has 0 aliphatic heterocycles. The fraction of sp³-hybridized carbons (Fsp3) is 0.231. The number of imidazole rings is 1. The van der Waals surface area contributed by atoms with Crippen LogP contribution in [0.4, 0.5) is 0 Å². The number of aromatic amines is 2. The van der Waals surface area contributed by atoms with Crippen LogP contribution < -0.4 is 5.48 Å². The quantitative estimate of drug-likeness (QED) is 0.188. The molecule has 2 aromatic heterocycles. The molecule has 7 heteroatoms. The predicted octanol–water partition coefficient (Wildman–Crippen LogP) is 4.14. The van der Waals surface area contributed by atoms with E-state index >= 15 is 0 Å². The number of nitrogens with zero attached hydrogens (tertiary/aromatic N) is 2. The van der Waals surface area contributed by atoms with Crippen molar-refractivity contribution in [2.24, 2.45) is 0 Å². The molecule has 0 bridgehead atoms. The Hall–Kier alpha value is -3.68. The van der Waals surface area contributed by atoms with Crippen LogP contribution in [0, 0.1) is 0 Å². The minimum Gasteiger partial charge on any atom is -0.361 e. The molecule has 5 rings (SSSR count). The molecule has 0 saturated carbocycles. The monoisotopic (exact) mass is 441 g/mol. The van der Waals surface area contributed by atoms with Crippen LogP contribution in [0.15, 0.2) is 67.3 Å². The van der Waals surface area contributed by atoms with Crippen LogP contribution in [0.2, 0.25) is 0 Å². The molecule has 2 aromatic carbocycles. The molecule has 0 spiro atoms. The van der Waals surface area contributed by atoms with Gasteiger partial charge >= 0.3 is 0 Å². The first-order valence-electron chi connectivity index (χ1n) is 11.2. The van der Waals surface area contributed by atoms with E-state index in [4.69, 9.17) is 5.21 Å². The molecule has 1 unspecified atom stereocenters. The zero-order valence-electron chi connectivity index (χ0n) is 18.3. The number of aromatic nitrogens is 3. The van der Waals surface area contributed by atoms with Gasteiger partial charge in [-0.3, -0.25) is 14.9 Å². The first kappa shape index (κ1) is 21.2. The van der Waals surface area contributed by atoms with Gasteiger partial charge in [0.15, 0.2) is 0 Å². The van der Waals surface area contributed by atoms with Gasteiger partial charge in [-0.2, -0.15) is 0 Å². The number of nitrogens with one attached hydrogen (secondary N) is 3. The summed E-state index contributed by atoms with van der Waals surface area (Å²) in [6, 6.07) is 15.1. The number of para-hydroxylation sites is 1. The van der Waals surface area contributed by atoms with Crippen molar-refractivity contribution in [2.45, 2.75) is 31.8 Å². The Balaban J connectivity index is 1.37. The van der Waals surface area contributed by atoms with Gasteiger partial charge in [0.2, 0.25) is 0 Å². The van der Waals surface area contributed by atoms with E-state index in [0.717, 1.165) is 43.6 Å². The molecule has 1 atom stereocenters. The molecular weight excluding hydrogens is 414 g/mol. The van der Waals surface area contributed by atoms with Gasteiger partial charge in [-0.1, -0.05) is 36.4 Å². The molecule has 0 saturated heterocycles. The summed E-state index contributed by atoms with van der Waals surface area (Å²) in [5.74, 6) is -0.532. The van der Waals surface area contributed by atoms with Gasteiger partial charge in [-0.05, 0) is 53.7 Å². The van der Waals surface area contributed by atoms with E-state index in [0.29, 0.717) is 6.04 Å². The summed E-state index contributed by atoms with van der Waals surface area (Å²) in [6.45, 7) is 1.71. The van der Waals surface area contributed by atoms with Crippen LogP contribution in [-0.2, 0) is 24.2 Å². The molecule has 4 N–H and O–H groups in total. The first-order valence-corrected chi connectivity index (χ1v) is 11.2. The van der Waals surface area contributed by atoms with E-state index in [9.17, 15) is 4.79 Å². The fourth-order valence-corrected chi connectivity index (χ4v) is 4.84. The number of hydroxylamine groups is 1. The fourth-order valence-electron chi connectivity index (χ4n) is 4.84. The molecule has 0 fully saturated rings. The van der Waals surface area contributed by atoms with Crippen molar-refractivity contribution >= 4 is 22.9 Å².